The van der Waals surface area contributed by atoms with Crippen LogP contribution in [0, 0.1) is 0 Å². The molecule has 1 aliphatic rings. The van der Waals surface area contributed by atoms with Crippen molar-refractivity contribution in [1.82, 2.24) is 5.32 Å². The minimum atomic E-state index is -0.0799. The molecule has 0 aromatic heterocycles. The van der Waals surface area contributed by atoms with E-state index in [1.807, 2.05) is 0 Å². The van der Waals surface area contributed by atoms with Crippen LogP contribution in [0.5, 0.6) is 0 Å². The van der Waals surface area contributed by atoms with Crippen LogP contribution in [0.1, 0.15) is 34.1 Å². The third-order valence-corrected chi connectivity index (χ3v) is 2.03. The van der Waals surface area contributed by atoms with Crippen LogP contribution in [0.25, 0.3) is 0 Å². The number of hydrogen-bond donors (Lipinski definition) is 1. The van der Waals surface area contributed by atoms with Crippen LogP contribution in [0.4, 0.5) is 0 Å². The normalized spacial score (nSPS) is 34.9. The van der Waals surface area contributed by atoms with E-state index in [2.05, 4.69) is 33.0 Å². The summed E-state index contributed by atoms with van der Waals surface area (Å²) in [6, 6.07) is 0. The Kier molecular flexibility index (Phi) is 3.36. The SMILES string of the molecule is CCC1(C)NC(C)(C)CO1.Cl. The van der Waals surface area contributed by atoms with Gasteiger partial charge in [-0.25, -0.2) is 0 Å². The minimum Gasteiger partial charge on any atom is -0.359 e. The predicted octanol–water partition coefficient (Wildman–Crippen LogP) is 1.93. The largest absolute Gasteiger partial charge is 0.359 e. The van der Waals surface area contributed by atoms with E-state index in [4.69, 9.17) is 4.74 Å². The zero-order chi connectivity index (χ0) is 7.83. The third kappa shape index (κ3) is 2.62. The molecule has 1 atom stereocenters. The molecule has 0 saturated carbocycles. The van der Waals surface area contributed by atoms with Gasteiger partial charge in [-0.1, -0.05) is 6.92 Å². The molecular weight excluding hydrogens is 162 g/mol. The second-order valence-corrected chi connectivity index (χ2v) is 3.88. The van der Waals surface area contributed by atoms with E-state index in [-0.39, 0.29) is 23.7 Å². The topological polar surface area (TPSA) is 21.3 Å². The molecule has 0 bridgehead atoms. The molecule has 0 aliphatic carbocycles. The Balaban J connectivity index is 0.000001000. The van der Waals surface area contributed by atoms with E-state index in [0.717, 1.165) is 13.0 Å². The number of ether oxygens (including phenoxy) is 1. The average Bonchev–Trinajstić information content (AvgIpc) is 2.08. The van der Waals surface area contributed by atoms with Gasteiger partial charge in [-0.15, -0.1) is 12.4 Å². The molecule has 0 aromatic rings. The van der Waals surface area contributed by atoms with Gasteiger partial charge in [0.1, 0.15) is 5.72 Å². The molecule has 1 aliphatic heterocycles. The highest BCUT2D eigenvalue weighted by Gasteiger charge is 2.38. The van der Waals surface area contributed by atoms with Crippen LogP contribution >= 0.6 is 12.4 Å². The zero-order valence-corrected chi connectivity index (χ0v) is 8.55. The fourth-order valence-electron chi connectivity index (χ4n) is 1.32. The smallest absolute Gasteiger partial charge is 0.116 e. The maximum Gasteiger partial charge on any atom is 0.116 e. The molecule has 11 heavy (non-hydrogen) atoms. The van der Waals surface area contributed by atoms with Crippen LogP contribution in [0.15, 0.2) is 0 Å². The van der Waals surface area contributed by atoms with Gasteiger partial charge in [0.15, 0.2) is 0 Å². The van der Waals surface area contributed by atoms with Gasteiger partial charge in [0, 0.05) is 5.54 Å². The van der Waals surface area contributed by atoms with Gasteiger partial charge in [-0.3, -0.25) is 5.32 Å². The van der Waals surface area contributed by atoms with Crippen LogP contribution in [-0.4, -0.2) is 17.9 Å². The maximum atomic E-state index is 5.59. The minimum absolute atomic E-state index is 0. The van der Waals surface area contributed by atoms with Crippen molar-refractivity contribution in [1.29, 1.82) is 0 Å². The standard InChI is InChI=1S/C8H17NO.ClH/c1-5-8(4)9-7(2,3)6-10-8;/h9H,5-6H2,1-4H3;1H. The summed E-state index contributed by atoms with van der Waals surface area (Å²) in [5.41, 5.74) is 0.0776. The highest BCUT2D eigenvalue weighted by atomic mass is 35.5. The highest BCUT2D eigenvalue weighted by molar-refractivity contribution is 5.85. The zero-order valence-electron chi connectivity index (χ0n) is 7.73. The van der Waals surface area contributed by atoms with Crippen molar-refractivity contribution in [3.63, 3.8) is 0 Å². The molecule has 2 nitrogen and oxygen atoms in total. The molecule has 0 amide bonds. The van der Waals surface area contributed by atoms with Gasteiger partial charge in [0.25, 0.3) is 0 Å². The third-order valence-electron chi connectivity index (χ3n) is 2.03. The Morgan fingerprint density at radius 3 is 2.09 bits per heavy atom. The summed E-state index contributed by atoms with van der Waals surface area (Å²) in [7, 11) is 0. The molecule has 1 fully saturated rings. The van der Waals surface area contributed by atoms with Crippen molar-refractivity contribution >= 4 is 12.4 Å². The van der Waals surface area contributed by atoms with Crippen molar-refractivity contribution < 1.29 is 4.74 Å². The van der Waals surface area contributed by atoms with Crippen molar-refractivity contribution in [2.75, 3.05) is 6.61 Å². The van der Waals surface area contributed by atoms with Gasteiger partial charge >= 0.3 is 0 Å². The van der Waals surface area contributed by atoms with E-state index in [1.54, 1.807) is 0 Å². The lowest BCUT2D eigenvalue weighted by atomic mass is 10.1. The van der Waals surface area contributed by atoms with E-state index in [1.165, 1.54) is 0 Å². The lowest BCUT2D eigenvalue weighted by Gasteiger charge is -2.24. The summed E-state index contributed by atoms with van der Waals surface area (Å²) in [4.78, 5) is 0. The maximum absolute atomic E-state index is 5.59. The first-order valence-electron chi connectivity index (χ1n) is 3.91. The molecular formula is C8H18ClNO. The number of nitrogens with one attached hydrogen (secondary N) is 1. The number of hydrogen-bond acceptors (Lipinski definition) is 2. The summed E-state index contributed by atoms with van der Waals surface area (Å²) >= 11 is 0. The molecule has 0 radical (unpaired) electrons. The molecule has 0 spiro atoms. The van der Waals surface area contributed by atoms with Crippen LogP contribution in [0.2, 0.25) is 0 Å². The molecule has 68 valence electrons. The highest BCUT2D eigenvalue weighted by Crippen LogP contribution is 2.24. The molecule has 1 N–H and O–H groups in total. The summed E-state index contributed by atoms with van der Waals surface area (Å²) in [6.07, 6.45) is 1.02. The summed E-state index contributed by atoms with van der Waals surface area (Å²) in [5.74, 6) is 0. The monoisotopic (exact) mass is 179 g/mol. The molecule has 3 heteroatoms. The molecule has 1 unspecified atom stereocenters. The van der Waals surface area contributed by atoms with E-state index in [9.17, 15) is 0 Å². The second-order valence-electron chi connectivity index (χ2n) is 3.88. The van der Waals surface area contributed by atoms with Crippen LogP contribution < -0.4 is 5.32 Å². The Labute approximate surface area is 75.1 Å². The summed E-state index contributed by atoms with van der Waals surface area (Å²) in [5, 5.41) is 3.43. The summed E-state index contributed by atoms with van der Waals surface area (Å²) < 4.78 is 5.59. The first-order valence-corrected chi connectivity index (χ1v) is 3.91. The molecule has 1 saturated heterocycles. The molecule has 1 rings (SSSR count). The first kappa shape index (κ1) is 11.2. The Morgan fingerprint density at radius 1 is 1.36 bits per heavy atom. The Bertz CT molecular complexity index is 138. The van der Waals surface area contributed by atoms with E-state index < -0.39 is 0 Å². The summed E-state index contributed by atoms with van der Waals surface area (Å²) in [6.45, 7) is 9.37. The molecule has 0 aromatic carbocycles. The Morgan fingerprint density at radius 2 is 1.91 bits per heavy atom. The fourth-order valence-corrected chi connectivity index (χ4v) is 1.32. The lowest BCUT2D eigenvalue weighted by Crippen LogP contribution is -2.45. The number of rotatable bonds is 1. The van der Waals surface area contributed by atoms with Crippen molar-refractivity contribution in [3.05, 3.63) is 0 Å². The van der Waals surface area contributed by atoms with Gasteiger partial charge in [-0.05, 0) is 27.2 Å². The van der Waals surface area contributed by atoms with Crippen LogP contribution in [0.3, 0.4) is 0 Å². The van der Waals surface area contributed by atoms with Gasteiger partial charge in [0.2, 0.25) is 0 Å². The van der Waals surface area contributed by atoms with E-state index in [0.29, 0.717) is 0 Å². The van der Waals surface area contributed by atoms with Gasteiger partial charge in [0.05, 0.1) is 6.61 Å². The quantitative estimate of drug-likeness (QED) is 0.665. The second kappa shape index (κ2) is 3.30. The van der Waals surface area contributed by atoms with Crippen molar-refractivity contribution in [2.45, 2.75) is 45.4 Å². The molecule has 1 heterocycles. The van der Waals surface area contributed by atoms with Crippen LogP contribution in [-0.2, 0) is 4.74 Å². The van der Waals surface area contributed by atoms with Gasteiger partial charge in [-0.2, -0.15) is 0 Å². The number of halogens is 1. The predicted molar refractivity (Wildman–Crippen MR) is 49.1 cm³/mol. The lowest BCUT2D eigenvalue weighted by molar-refractivity contribution is 0.00325. The first-order chi connectivity index (χ1) is 4.47. The van der Waals surface area contributed by atoms with E-state index >= 15 is 0 Å². The van der Waals surface area contributed by atoms with Crippen molar-refractivity contribution in [3.8, 4) is 0 Å². The van der Waals surface area contributed by atoms with Gasteiger partial charge < -0.3 is 4.74 Å². The van der Waals surface area contributed by atoms with Crippen molar-refractivity contribution in [2.24, 2.45) is 0 Å². The average molecular weight is 180 g/mol. The fraction of sp³-hybridized carbons (Fsp3) is 1.00. The Hall–Kier alpha value is 0.210.